The number of aryl methyl sites for hydroxylation is 1. The smallest absolute Gasteiger partial charge is 0.0897 e. The van der Waals surface area contributed by atoms with Gasteiger partial charge >= 0.3 is 0 Å². The lowest BCUT2D eigenvalue weighted by atomic mass is 9.96. The van der Waals surface area contributed by atoms with Crippen molar-refractivity contribution in [3.8, 4) is 0 Å². The van der Waals surface area contributed by atoms with Crippen LogP contribution in [0.3, 0.4) is 0 Å². The van der Waals surface area contributed by atoms with Crippen LogP contribution in [0, 0.1) is 12.8 Å². The highest BCUT2D eigenvalue weighted by Gasteiger charge is 2.19. The van der Waals surface area contributed by atoms with Crippen molar-refractivity contribution in [2.24, 2.45) is 5.92 Å². The van der Waals surface area contributed by atoms with Crippen LogP contribution in [-0.4, -0.2) is 34.5 Å². The van der Waals surface area contributed by atoms with E-state index >= 15 is 0 Å². The maximum Gasteiger partial charge on any atom is 0.0897 e. The fraction of sp³-hybridized carbons (Fsp3) is 0.500. The second-order valence-electron chi connectivity index (χ2n) is 5.85. The zero-order valence-corrected chi connectivity index (χ0v) is 15.2. The Kier molecular flexibility index (Phi) is 5.44. The van der Waals surface area contributed by atoms with Crippen LogP contribution in [0.2, 0.25) is 0 Å². The number of pyridine rings is 1. The summed E-state index contributed by atoms with van der Waals surface area (Å²) in [6.45, 7) is 6.43. The molecule has 0 amide bonds. The lowest BCUT2D eigenvalue weighted by Gasteiger charge is -2.31. The first kappa shape index (κ1) is 15.9. The quantitative estimate of drug-likeness (QED) is 0.852. The molecule has 0 aliphatic carbocycles. The predicted molar refractivity (Wildman–Crippen MR) is 95.3 cm³/mol. The number of likely N-dealkylation sites (tertiary alicyclic amines) is 1. The highest BCUT2D eigenvalue weighted by Crippen LogP contribution is 2.21. The third-order valence-corrected chi connectivity index (χ3v) is 5.32. The predicted octanol–water partition coefficient (Wildman–Crippen LogP) is 3.93. The maximum absolute atomic E-state index is 4.56. The molecule has 3 heterocycles. The Hall–Kier alpha value is -0.980. The highest BCUT2D eigenvalue weighted by molar-refractivity contribution is 9.10. The molecular weight excluding hydrogens is 360 g/mol. The van der Waals surface area contributed by atoms with Crippen molar-refractivity contribution in [2.45, 2.75) is 26.3 Å². The normalized spacial score (nSPS) is 16.8. The lowest BCUT2D eigenvalue weighted by molar-refractivity contribution is 0.181. The molecule has 3 rings (SSSR count). The second-order valence-corrected chi connectivity index (χ2v) is 7.83. The van der Waals surface area contributed by atoms with Gasteiger partial charge in [-0.3, -0.25) is 9.88 Å². The van der Waals surface area contributed by atoms with Gasteiger partial charge in [0.2, 0.25) is 0 Å². The second kappa shape index (κ2) is 7.53. The Morgan fingerprint density at radius 1 is 1.36 bits per heavy atom. The number of hydrogen-bond acceptors (Lipinski definition) is 5. The number of nitrogens with one attached hydrogen (secondary N) is 1. The molecule has 1 N–H and O–H groups in total. The Labute approximate surface area is 144 Å². The van der Waals surface area contributed by atoms with E-state index in [1.165, 1.54) is 31.6 Å². The van der Waals surface area contributed by atoms with Crippen LogP contribution in [0.15, 0.2) is 28.3 Å². The van der Waals surface area contributed by atoms with Gasteiger partial charge in [0.1, 0.15) is 0 Å². The molecule has 4 nitrogen and oxygen atoms in total. The SMILES string of the molecule is Cc1nc(CN2CCC(CNc3cncc(Br)c3)CC2)cs1. The van der Waals surface area contributed by atoms with Gasteiger partial charge in [-0.25, -0.2) is 4.98 Å². The molecule has 2 aromatic rings. The van der Waals surface area contributed by atoms with Gasteiger partial charge in [-0.05, 0) is 60.8 Å². The summed E-state index contributed by atoms with van der Waals surface area (Å²) in [5.41, 5.74) is 2.31. The van der Waals surface area contributed by atoms with E-state index in [1.54, 1.807) is 11.3 Å². The molecule has 1 fully saturated rings. The van der Waals surface area contributed by atoms with E-state index in [4.69, 9.17) is 0 Å². The van der Waals surface area contributed by atoms with Gasteiger partial charge in [0.05, 0.1) is 22.6 Å². The average molecular weight is 381 g/mol. The van der Waals surface area contributed by atoms with Crippen molar-refractivity contribution < 1.29 is 0 Å². The summed E-state index contributed by atoms with van der Waals surface area (Å²) in [5, 5.41) is 6.85. The van der Waals surface area contributed by atoms with Crippen molar-refractivity contribution in [1.29, 1.82) is 0 Å². The van der Waals surface area contributed by atoms with E-state index in [0.717, 1.165) is 34.2 Å². The van der Waals surface area contributed by atoms with Gasteiger partial charge in [-0.1, -0.05) is 0 Å². The van der Waals surface area contributed by atoms with Gasteiger partial charge in [-0.2, -0.15) is 0 Å². The third kappa shape index (κ3) is 4.51. The fourth-order valence-electron chi connectivity index (χ4n) is 2.83. The molecule has 6 heteroatoms. The molecule has 22 heavy (non-hydrogen) atoms. The Balaban J connectivity index is 1.42. The van der Waals surface area contributed by atoms with E-state index < -0.39 is 0 Å². The van der Waals surface area contributed by atoms with E-state index in [2.05, 4.69) is 54.5 Å². The number of anilines is 1. The highest BCUT2D eigenvalue weighted by atomic mass is 79.9. The summed E-state index contributed by atoms with van der Waals surface area (Å²) in [7, 11) is 0. The van der Waals surface area contributed by atoms with Crippen molar-refractivity contribution >= 4 is 33.0 Å². The maximum atomic E-state index is 4.56. The number of aromatic nitrogens is 2. The summed E-state index contributed by atoms with van der Waals surface area (Å²) in [4.78, 5) is 11.3. The zero-order chi connectivity index (χ0) is 15.4. The fourth-order valence-corrected chi connectivity index (χ4v) is 3.80. The molecule has 1 aliphatic heterocycles. The van der Waals surface area contributed by atoms with E-state index in [1.807, 2.05) is 12.4 Å². The summed E-state index contributed by atoms with van der Waals surface area (Å²) in [5.74, 6) is 0.743. The lowest BCUT2D eigenvalue weighted by Crippen LogP contribution is -2.35. The van der Waals surface area contributed by atoms with Crippen LogP contribution < -0.4 is 5.32 Å². The third-order valence-electron chi connectivity index (χ3n) is 4.06. The van der Waals surface area contributed by atoms with E-state index in [-0.39, 0.29) is 0 Å². The number of rotatable bonds is 5. The van der Waals surface area contributed by atoms with Gasteiger partial charge in [0.25, 0.3) is 0 Å². The van der Waals surface area contributed by atoms with Crippen LogP contribution in [-0.2, 0) is 6.54 Å². The van der Waals surface area contributed by atoms with Gasteiger partial charge < -0.3 is 5.32 Å². The van der Waals surface area contributed by atoms with Crippen LogP contribution in [0.1, 0.15) is 23.5 Å². The first-order chi connectivity index (χ1) is 10.7. The standard InChI is InChI=1S/C16H21BrN4S/c1-12-20-16(11-22-12)10-21-4-2-13(3-5-21)7-19-15-6-14(17)8-18-9-15/h6,8-9,11,13,19H,2-5,7,10H2,1H3. The van der Waals surface area contributed by atoms with Crippen molar-refractivity contribution in [2.75, 3.05) is 25.0 Å². The van der Waals surface area contributed by atoms with Crippen LogP contribution in [0.25, 0.3) is 0 Å². The minimum absolute atomic E-state index is 0.743. The van der Waals surface area contributed by atoms with Crippen molar-refractivity contribution in [1.82, 2.24) is 14.9 Å². The Morgan fingerprint density at radius 2 is 2.18 bits per heavy atom. The molecule has 1 saturated heterocycles. The van der Waals surface area contributed by atoms with Crippen molar-refractivity contribution in [3.05, 3.63) is 39.0 Å². The summed E-state index contributed by atoms with van der Waals surface area (Å²) >= 11 is 5.20. The first-order valence-corrected chi connectivity index (χ1v) is 9.34. The number of piperidine rings is 1. The van der Waals surface area contributed by atoms with E-state index in [0.29, 0.717) is 0 Å². The number of hydrogen-bond donors (Lipinski definition) is 1. The minimum atomic E-state index is 0.743. The molecule has 0 radical (unpaired) electrons. The topological polar surface area (TPSA) is 41.1 Å². The number of nitrogens with zero attached hydrogens (tertiary/aromatic N) is 3. The van der Waals surface area contributed by atoms with Crippen molar-refractivity contribution in [3.63, 3.8) is 0 Å². The molecule has 0 atom stereocenters. The zero-order valence-electron chi connectivity index (χ0n) is 12.8. The van der Waals surface area contributed by atoms with Crippen LogP contribution in [0.4, 0.5) is 5.69 Å². The molecule has 2 aromatic heterocycles. The van der Waals surface area contributed by atoms with Gasteiger partial charge in [-0.15, -0.1) is 11.3 Å². The largest absolute Gasteiger partial charge is 0.383 e. The number of halogens is 1. The molecule has 0 bridgehead atoms. The molecule has 0 saturated carbocycles. The van der Waals surface area contributed by atoms with Gasteiger partial charge in [0, 0.05) is 29.1 Å². The monoisotopic (exact) mass is 380 g/mol. The molecule has 0 aromatic carbocycles. The van der Waals surface area contributed by atoms with Crippen LogP contribution in [0.5, 0.6) is 0 Å². The van der Waals surface area contributed by atoms with E-state index in [9.17, 15) is 0 Å². The minimum Gasteiger partial charge on any atom is -0.383 e. The van der Waals surface area contributed by atoms with Gasteiger partial charge in [0.15, 0.2) is 0 Å². The summed E-state index contributed by atoms with van der Waals surface area (Å²) in [6.07, 6.45) is 6.18. The number of thiazole rings is 1. The molecular formula is C16H21BrN4S. The Bertz CT molecular complexity index is 608. The van der Waals surface area contributed by atoms with Crippen LogP contribution >= 0.6 is 27.3 Å². The Morgan fingerprint density at radius 3 is 2.86 bits per heavy atom. The average Bonchev–Trinajstić information content (AvgIpc) is 2.92. The molecule has 0 spiro atoms. The molecule has 118 valence electrons. The summed E-state index contributed by atoms with van der Waals surface area (Å²) < 4.78 is 1.02. The molecule has 1 aliphatic rings. The summed E-state index contributed by atoms with van der Waals surface area (Å²) in [6, 6.07) is 2.08. The molecule has 0 unspecified atom stereocenters. The first-order valence-electron chi connectivity index (χ1n) is 7.67.